The Morgan fingerprint density at radius 1 is 1.09 bits per heavy atom. The molecule has 0 bridgehead atoms. The second kappa shape index (κ2) is 4.72. The summed E-state index contributed by atoms with van der Waals surface area (Å²) in [5.74, 6) is 0. The van der Waals surface area contributed by atoms with E-state index in [2.05, 4.69) is 0 Å². The van der Waals surface area contributed by atoms with E-state index in [1.165, 1.54) is 12.5 Å². The molecule has 0 aromatic carbocycles. The Balaban J connectivity index is 0.000000461. The van der Waals surface area contributed by atoms with Crippen LogP contribution in [0.2, 0.25) is 0 Å². The maximum atomic E-state index is 10.9. The second-order valence-corrected chi connectivity index (χ2v) is 2.07. The van der Waals surface area contributed by atoms with Gasteiger partial charge in [0.05, 0.1) is 12.5 Å². The van der Waals surface area contributed by atoms with Crippen LogP contribution in [0, 0.1) is 13.8 Å². The van der Waals surface area contributed by atoms with Crippen molar-refractivity contribution in [3.63, 3.8) is 0 Å². The molecule has 0 amide bonds. The fraction of sp³-hybridized carbons (Fsp3) is 0.444. The third-order valence-electron chi connectivity index (χ3n) is 1.21. The van der Waals surface area contributed by atoms with Gasteiger partial charge in [0.1, 0.15) is 0 Å². The first-order valence-electron chi connectivity index (χ1n) is 3.75. The zero-order valence-electron chi connectivity index (χ0n) is 7.47. The maximum Gasteiger partial charge on any atom is 0.190 e. The summed E-state index contributed by atoms with van der Waals surface area (Å²) in [6.45, 7) is 7.47. The SMILES string of the molecule is CC.Cc1cocc(C)c1=O. The van der Waals surface area contributed by atoms with Crippen molar-refractivity contribution >= 4 is 0 Å². The van der Waals surface area contributed by atoms with Gasteiger partial charge in [-0.25, -0.2) is 0 Å². The summed E-state index contributed by atoms with van der Waals surface area (Å²) in [6.07, 6.45) is 2.91. The van der Waals surface area contributed by atoms with E-state index in [1.54, 1.807) is 13.8 Å². The molecule has 0 aliphatic rings. The summed E-state index contributed by atoms with van der Waals surface area (Å²) in [6, 6.07) is 0. The summed E-state index contributed by atoms with van der Waals surface area (Å²) < 4.78 is 4.82. The third-order valence-corrected chi connectivity index (χ3v) is 1.21. The van der Waals surface area contributed by atoms with E-state index >= 15 is 0 Å². The van der Waals surface area contributed by atoms with Crippen LogP contribution in [0.4, 0.5) is 0 Å². The molecule has 0 unspecified atom stereocenters. The Hall–Kier alpha value is -1.05. The molecule has 1 rings (SSSR count). The lowest BCUT2D eigenvalue weighted by molar-refractivity contribution is 0.538. The van der Waals surface area contributed by atoms with E-state index in [1.807, 2.05) is 13.8 Å². The van der Waals surface area contributed by atoms with Gasteiger partial charge in [-0.2, -0.15) is 0 Å². The number of aryl methyl sites for hydroxylation is 2. The summed E-state index contributed by atoms with van der Waals surface area (Å²) in [5, 5.41) is 0. The lowest BCUT2D eigenvalue weighted by Gasteiger charge is -1.89. The van der Waals surface area contributed by atoms with E-state index in [0.717, 1.165) is 0 Å². The molecule has 0 N–H and O–H groups in total. The van der Waals surface area contributed by atoms with Crippen LogP contribution in [0.25, 0.3) is 0 Å². The van der Waals surface area contributed by atoms with Gasteiger partial charge in [-0.3, -0.25) is 4.79 Å². The quantitative estimate of drug-likeness (QED) is 0.574. The van der Waals surface area contributed by atoms with Gasteiger partial charge in [0.2, 0.25) is 0 Å². The smallest absolute Gasteiger partial charge is 0.190 e. The average Bonchev–Trinajstić information content (AvgIpc) is 2.04. The Morgan fingerprint density at radius 2 is 1.45 bits per heavy atom. The van der Waals surface area contributed by atoms with Crippen LogP contribution in [-0.4, -0.2) is 0 Å². The molecule has 2 heteroatoms. The summed E-state index contributed by atoms with van der Waals surface area (Å²) in [5.41, 5.74) is 1.39. The van der Waals surface area contributed by atoms with Gasteiger partial charge in [0.15, 0.2) is 5.43 Å². The van der Waals surface area contributed by atoms with Gasteiger partial charge in [0, 0.05) is 11.1 Å². The van der Waals surface area contributed by atoms with E-state index in [0.29, 0.717) is 11.1 Å². The van der Waals surface area contributed by atoms with Crippen LogP contribution in [0.1, 0.15) is 25.0 Å². The van der Waals surface area contributed by atoms with Crippen molar-refractivity contribution in [3.05, 3.63) is 33.9 Å². The standard InChI is InChI=1S/C7H8O2.C2H6/c1-5-3-9-4-6(2)7(5)8;1-2/h3-4H,1-2H3;1-2H3. The number of rotatable bonds is 0. The van der Waals surface area contributed by atoms with Gasteiger partial charge in [-0.1, -0.05) is 13.8 Å². The van der Waals surface area contributed by atoms with Gasteiger partial charge in [-0.15, -0.1) is 0 Å². The molecule has 0 aliphatic heterocycles. The van der Waals surface area contributed by atoms with Crippen molar-refractivity contribution in [1.29, 1.82) is 0 Å². The van der Waals surface area contributed by atoms with Gasteiger partial charge < -0.3 is 4.42 Å². The normalized spacial score (nSPS) is 8.36. The Bertz CT molecular complexity index is 237. The van der Waals surface area contributed by atoms with E-state index in [-0.39, 0.29) is 5.43 Å². The Kier molecular flexibility index (Phi) is 4.27. The van der Waals surface area contributed by atoms with E-state index in [4.69, 9.17) is 4.42 Å². The monoisotopic (exact) mass is 154 g/mol. The minimum atomic E-state index is 0.0706. The second-order valence-electron chi connectivity index (χ2n) is 2.07. The fourth-order valence-electron chi connectivity index (χ4n) is 0.656. The molecule has 0 fully saturated rings. The highest BCUT2D eigenvalue weighted by Crippen LogP contribution is 1.91. The van der Waals surface area contributed by atoms with Gasteiger partial charge in [0.25, 0.3) is 0 Å². The van der Waals surface area contributed by atoms with Gasteiger partial charge in [-0.05, 0) is 13.8 Å². The minimum Gasteiger partial charge on any atom is -0.472 e. The molecule has 0 spiro atoms. The zero-order valence-corrected chi connectivity index (χ0v) is 7.47. The maximum absolute atomic E-state index is 10.9. The number of hydrogen-bond acceptors (Lipinski definition) is 2. The van der Waals surface area contributed by atoms with Crippen LogP contribution >= 0.6 is 0 Å². The van der Waals surface area contributed by atoms with Crippen LogP contribution < -0.4 is 5.43 Å². The molecular formula is C9H14O2. The molecule has 0 saturated heterocycles. The summed E-state index contributed by atoms with van der Waals surface area (Å²) >= 11 is 0. The van der Waals surface area contributed by atoms with Crippen LogP contribution in [0.3, 0.4) is 0 Å². The molecule has 0 radical (unpaired) electrons. The van der Waals surface area contributed by atoms with Gasteiger partial charge >= 0.3 is 0 Å². The first-order valence-corrected chi connectivity index (χ1v) is 3.75. The first kappa shape index (κ1) is 9.95. The van der Waals surface area contributed by atoms with Crippen molar-refractivity contribution in [2.45, 2.75) is 27.7 Å². The van der Waals surface area contributed by atoms with Crippen molar-refractivity contribution in [2.24, 2.45) is 0 Å². The molecule has 11 heavy (non-hydrogen) atoms. The minimum absolute atomic E-state index is 0.0706. The topological polar surface area (TPSA) is 30.2 Å². The fourth-order valence-corrected chi connectivity index (χ4v) is 0.656. The molecule has 0 aliphatic carbocycles. The van der Waals surface area contributed by atoms with E-state index in [9.17, 15) is 4.79 Å². The van der Waals surface area contributed by atoms with Crippen molar-refractivity contribution in [3.8, 4) is 0 Å². The van der Waals surface area contributed by atoms with Crippen LogP contribution in [0.15, 0.2) is 21.7 Å². The van der Waals surface area contributed by atoms with Crippen molar-refractivity contribution in [2.75, 3.05) is 0 Å². The summed E-state index contributed by atoms with van der Waals surface area (Å²) in [7, 11) is 0. The largest absolute Gasteiger partial charge is 0.472 e. The van der Waals surface area contributed by atoms with Crippen LogP contribution in [-0.2, 0) is 0 Å². The molecule has 1 aromatic heterocycles. The lowest BCUT2D eigenvalue weighted by Crippen LogP contribution is -2.06. The van der Waals surface area contributed by atoms with Crippen molar-refractivity contribution in [1.82, 2.24) is 0 Å². The van der Waals surface area contributed by atoms with E-state index < -0.39 is 0 Å². The highest BCUT2D eigenvalue weighted by atomic mass is 16.3. The highest BCUT2D eigenvalue weighted by molar-refractivity contribution is 5.12. The summed E-state index contributed by atoms with van der Waals surface area (Å²) in [4.78, 5) is 10.9. The average molecular weight is 154 g/mol. The molecule has 1 heterocycles. The molecule has 0 atom stereocenters. The third kappa shape index (κ3) is 2.58. The molecule has 1 aromatic rings. The van der Waals surface area contributed by atoms with Crippen molar-refractivity contribution < 1.29 is 4.42 Å². The molecule has 0 saturated carbocycles. The molecule has 62 valence electrons. The predicted molar refractivity (Wildman–Crippen MR) is 45.8 cm³/mol. The number of hydrogen-bond donors (Lipinski definition) is 0. The molecular weight excluding hydrogens is 140 g/mol. The highest BCUT2D eigenvalue weighted by Gasteiger charge is 1.94. The predicted octanol–water partition coefficient (Wildman–Crippen LogP) is 2.28. The lowest BCUT2D eigenvalue weighted by atomic mass is 10.2. The van der Waals surface area contributed by atoms with Crippen LogP contribution in [0.5, 0.6) is 0 Å². The Morgan fingerprint density at radius 3 is 1.73 bits per heavy atom. The first-order chi connectivity index (χ1) is 5.22. The zero-order chi connectivity index (χ0) is 8.85. The Labute approximate surface area is 66.9 Å². The molecule has 2 nitrogen and oxygen atoms in total.